The maximum absolute atomic E-state index is 13.8. The Hall–Kier alpha value is -3.07. The van der Waals surface area contributed by atoms with Crippen molar-refractivity contribution in [1.82, 2.24) is 9.78 Å². The van der Waals surface area contributed by atoms with Crippen molar-refractivity contribution in [1.29, 1.82) is 0 Å². The van der Waals surface area contributed by atoms with Gasteiger partial charge in [-0.15, -0.1) is 0 Å². The molecule has 6 nitrogen and oxygen atoms in total. The van der Waals surface area contributed by atoms with E-state index in [4.69, 9.17) is 16.3 Å². The molecular weight excluding hydrogens is 495 g/mol. The van der Waals surface area contributed by atoms with Gasteiger partial charge in [0.05, 0.1) is 34.3 Å². The minimum absolute atomic E-state index is 0.102. The molecule has 3 rings (SSSR count). The number of aryl methyl sites for hydroxylation is 2. The molecule has 0 saturated carbocycles. The van der Waals surface area contributed by atoms with E-state index in [-0.39, 0.29) is 28.7 Å². The van der Waals surface area contributed by atoms with Crippen molar-refractivity contribution in [2.24, 2.45) is 13.0 Å². The topological polar surface area (TPSA) is 73.2 Å². The Bertz CT molecular complexity index is 1260. The number of nitrogens with zero attached hydrogens (tertiary/aromatic N) is 2. The lowest BCUT2D eigenvalue weighted by Gasteiger charge is -2.26. The SMILES string of the molecule is C[C@H]([C@H](C(=O)Nc1cc(CCC(=O)OC(C)(C)C)ccc1Cl)c1ccc2cnn(C)c2c1)C(F)(F)F. The maximum Gasteiger partial charge on any atom is 0.392 e. The van der Waals surface area contributed by atoms with Crippen LogP contribution in [0.3, 0.4) is 0 Å². The van der Waals surface area contributed by atoms with Gasteiger partial charge in [0.1, 0.15) is 5.60 Å². The van der Waals surface area contributed by atoms with Crippen LogP contribution in [-0.4, -0.2) is 33.4 Å². The van der Waals surface area contributed by atoms with Gasteiger partial charge in [0.25, 0.3) is 0 Å². The molecule has 0 fully saturated rings. The number of amides is 1. The first-order chi connectivity index (χ1) is 16.7. The van der Waals surface area contributed by atoms with E-state index in [2.05, 4.69) is 10.4 Å². The second-order valence-corrected chi connectivity index (χ2v) is 10.2. The maximum atomic E-state index is 13.8. The minimum Gasteiger partial charge on any atom is -0.460 e. The van der Waals surface area contributed by atoms with Crippen molar-refractivity contribution >= 4 is 40.1 Å². The van der Waals surface area contributed by atoms with Gasteiger partial charge in [-0.25, -0.2) is 0 Å². The monoisotopic (exact) mass is 523 g/mol. The van der Waals surface area contributed by atoms with Crippen molar-refractivity contribution in [3.63, 3.8) is 0 Å². The summed E-state index contributed by atoms with van der Waals surface area (Å²) in [5.74, 6) is -4.71. The van der Waals surface area contributed by atoms with Crippen LogP contribution in [0.15, 0.2) is 42.6 Å². The van der Waals surface area contributed by atoms with Gasteiger partial charge in [0, 0.05) is 18.9 Å². The van der Waals surface area contributed by atoms with Crippen molar-refractivity contribution in [2.45, 2.75) is 58.2 Å². The Morgan fingerprint density at radius 1 is 1.14 bits per heavy atom. The predicted octanol–water partition coefficient (Wildman–Crippen LogP) is 6.42. The molecule has 0 unspecified atom stereocenters. The van der Waals surface area contributed by atoms with Gasteiger partial charge in [-0.05, 0) is 56.5 Å². The van der Waals surface area contributed by atoms with E-state index in [0.29, 0.717) is 17.5 Å². The van der Waals surface area contributed by atoms with Gasteiger partial charge >= 0.3 is 12.1 Å². The molecule has 2 atom stereocenters. The highest BCUT2D eigenvalue weighted by molar-refractivity contribution is 6.33. The molecule has 36 heavy (non-hydrogen) atoms. The zero-order valence-electron chi connectivity index (χ0n) is 20.7. The molecule has 0 aliphatic heterocycles. The Labute approximate surface area is 212 Å². The molecule has 3 aromatic rings. The van der Waals surface area contributed by atoms with Gasteiger partial charge in [-0.1, -0.05) is 36.7 Å². The van der Waals surface area contributed by atoms with Gasteiger partial charge in [-0.2, -0.15) is 18.3 Å². The number of aromatic nitrogens is 2. The minimum atomic E-state index is -4.61. The third kappa shape index (κ3) is 6.78. The fourth-order valence-corrected chi connectivity index (χ4v) is 4.05. The highest BCUT2D eigenvalue weighted by atomic mass is 35.5. The molecule has 0 saturated heterocycles. The lowest BCUT2D eigenvalue weighted by molar-refractivity contribution is -0.178. The summed E-state index contributed by atoms with van der Waals surface area (Å²) in [6, 6.07) is 9.48. The number of ether oxygens (including phenoxy) is 1. The number of nitrogens with one attached hydrogen (secondary N) is 1. The standard InChI is InChI=1S/C26H29ClF3N3O3/c1-15(26(28,29)30)23(17-8-9-18-14-31-33(5)21(18)13-17)24(35)32-20-12-16(6-10-19(20)27)7-11-22(34)36-25(2,3)4/h6,8-10,12-15,23H,7,11H2,1-5H3,(H,32,35)/t15-,23+/m1/s1. The molecule has 2 aromatic carbocycles. The second kappa shape index (κ2) is 10.5. The average Bonchev–Trinajstić information content (AvgIpc) is 3.13. The predicted molar refractivity (Wildman–Crippen MR) is 133 cm³/mol. The normalized spacial score (nSPS) is 13.9. The lowest BCUT2D eigenvalue weighted by Crippen LogP contribution is -2.34. The quantitative estimate of drug-likeness (QED) is 0.363. The van der Waals surface area contributed by atoms with E-state index >= 15 is 0 Å². The van der Waals surface area contributed by atoms with E-state index in [1.165, 1.54) is 16.8 Å². The number of hydrogen-bond acceptors (Lipinski definition) is 4. The summed E-state index contributed by atoms with van der Waals surface area (Å²) in [5, 5.41) is 7.61. The molecule has 0 aliphatic rings. The van der Waals surface area contributed by atoms with Crippen LogP contribution >= 0.6 is 11.6 Å². The summed E-state index contributed by atoms with van der Waals surface area (Å²) in [6.07, 6.45) is -2.59. The Morgan fingerprint density at radius 2 is 1.83 bits per heavy atom. The summed E-state index contributed by atoms with van der Waals surface area (Å²) in [7, 11) is 1.68. The number of esters is 1. The lowest BCUT2D eigenvalue weighted by atomic mass is 9.85. The van der Waals surface area contributed by atoms with Crippen LogP contribution in [0.25, 0.3) is 10.9 Å². The van der Waals surface area contributed by atoms with E-state index < -0.39 is 29.5 Å². The molecule has 0 aliphatic carbocycles. The highest BCUT2D eigenvalue weighted by Gasteiger charge is 2.45. The first kappa shape index (κ1) is 27.5. The molecule has 0 radical (unpaired) electrons. The summed E-state index contributed by atoms with van der Waals surface area (Å²) < 4.78 is 48.2. The van der Waals surface area contributed by atoms with Crippen LogP contribution in [0, 0.1) is 5.92 Å². The smallest absolute Gasteiger partial charge is 0.392 e. The highest BCUT2D eigenvalue weighted by Crippen LogP contribution is 2.39. The number of carbonyl (C=O) groups is 2. The number of carbonyl (C=O) groups excluding carboxylic acids is 2. The molecule has 0 spiro atoms. The Balaban J connectivity index is 1.86. The van der Waals surface area contributed by atoms with Gasteiger partial charge in [0.2, 0.25) is 5.91 Å². The van der Waals surface area contributed by atoms with Gasteiger partial charge in [0.15, 0.2) is 0 Å². The first-order valence-corrected chi connectivity index (χ1v) is 11.8. The number of hydrogen-bond donors (Lipinski definition) is 1. The van der Waals surface area contributed by atoms with Crippen molar-refractivity contribution < 1.29 is 27.5 Å². The third-order valence-electron chi connectivity index (χ3n) is 5.76. The van der Waals surface area contributed by atoms with Crippen LogP contribution in [0.4, 0.5) is 18.9 Å². The molecule has 1 N–H and O–H groups in total. The number of rotatable bonds is 7. The fourth-order valence-electron chi connectivity index (χ4n) is 3.88. The van der Waals surface area contributed by atoms with Crippen LogP contribution < -0.4 is 5.32 Å². The summed E-state index contributed by atoms with van der Waals surface area (Å²) in [4.78, 5) is 25.3. The van der Waals surface area contributed by atoms with Gasteiger partial charge in [-0.3, -0.25) is 14.3 Å². The molecular formula is C26H29ClF3N3O3. The molecule has 1 heterocycles. The van der Waals surface area contributed by atoms with E-state index in [1.807, 2.05) is 0 Å². The number of benzene rings is 2. The van der Waals surface area contributed by atoms with E-state index in [9.17, 15) is 22.8 Å². The Kier molecular flexibility index (Phi) is 8.03. The largest absolute Gasteiger partial charge is 0.460 e. The molecule has 0 bridgehead atoms. The van der Waals surface area contributed by atoms with Crippen LogP contribution in [0.5, 0.6) is 0 Å². The molecule has 1 aromatic heterocycles. The average molecular weight is 524 g/mol. The zero-order valence-corrected chi connectivity index (χ0v) is 21.5. The number of alkyl halides is 3. The number of fused-ring (bicyclic) bond motifs is 1. The first-order valence-electron chi connectivity index (χ1n) is 11.5. The Morgan fingerprint density at radius 3 is 2.47 bits per heavy atom. The van der Waals surface area contributed by atoms with Crippen LogP contribution in [0.1, 0.15) is 51.2 Å². The van der Waals surface area contributed by atoms with E-state index in [0.717, 1.165) is 12.3 Å². The van der Waals surface area contributed by atoms with Crippen molar-refractivity contribution in [3.8, 4) is 0 Å². The van der Waals surface area contributed by atoms with Crippen molar-refractivity contribution in [3.05, 3.63) is 58.7 Å². The third-order valence-corrected chi connectivity index (χ3v) is 6.09. The number of halogens is 4. The second-order valence-electron chi connectivity index (χ2n) is 9.78. The van der Waals surface area contributed by atoms with Crippen LogP contribution in [0.2, 0.25) is 5.02 Å². The summed E-state index contributed by atoms with van der Waals surface area (Å²) in [6.45, 7) is 6.29. The van der Waals surface area contributed by atoms with E-state index in [1.54, 1.807) is 58.3 Å². The summed E-state index contributed by atoms with van der Waals surface area (Å²) in [5.41, 5.74) is 1.06. The van der Waals surface area contributed by atoms with Crippen molar-refractivity contribution in [2.75, 3.05) is 5.32 Å². The fraction of sp³-hybridized carbons (Fsp3) is 0.423. The van der Waals surface area contributed by atoms with Gasteiger partial charge < -0.3 is 10.1 Å². The molecule has 10 heteroatoms. The molecule has 1 amide bonds. The summed E-state index contributed by atoms with van der Waals surface area (Å²) >= 11 is 6.25. The number of anilines is 1. The zero-order chi connectivity index (χ0) is 26.8. The van der Waals surface area contributed by atoms with Crippen LogP contribution in [-0.2, 0) is 27.8 Å². The molecule has 194 valence electrons.